The van der Waals surface area contributed by atoms with E-state index in [4.69, 9.17) is 17.3 Å². The Morgan fingerprint density at radius 3 is 3.12 bits per heavy atom. The number of halogens is 1. The number of nitrogens with zero attached hydrogens (tertiary/aromatic N) is 3. The number of primary amides is 1. The Bertz CT molecular complexity index is 553. The van der Waals surface area contributed by atoms with Crippen molar-refractivity contribution in [3.63, 3.8) is 0 Å². The highest BCUT2D eigenvalue weighted by molar-refractivity contribution is 6.28. The third kappa shape index (κ3) is 2.62. The van der Waals surface area contributed by atoms with E-state index in [9.17, 15) is 4.79 Å². The molecule has 2 heterocycles. The Morgan fingerprint density at radius 1 is 1.65 bits per heavy atom. The summed E-state index contributed by atoms with van der Waals surface area (Å²) in [5.41, 5.74) is 6.23. The van der Waals surface area contributed by atoms with Crippen LogP contribution in [-0.2, 0) is 4.79 Å². The molecular weight excluding hydrogens is 244 g/mol. The molecule has 1 amide bonds. The summed E-state index contributed by atoms with van der Waals surface area (Å²) in [6.07, 6.45) is 1.71. The molecule has 7 nitrogen and oxygen atoms in total. The maximum atomic E-state index is 10.8. The zero-order valence-corrected chi connectivity index (χ0v) is 9.82. The lowest BCUT2D eigenvalue weighted by Gasteiger charge is -2.12. The van der Waals surface area contributed by atoms with Crippen LogP contribution in [0.25, 0.3) is 11.2 Å². The van der Waals surface area contributed by atoms with Gasteiger partial charge in [-0.2, -0.15) is 9.97 Å². The average molecular weight is 255 g/mol. The van der Waals surface area contributed by atoms with Gasteiger partial charge < -0.3 is 16.0 Å². The van der Waals surface area contributed by atoms with E-state index in [1.165, 1.54) is 6.33 Å². The van der Waals surface area contributed by atoms with Gasteiger partial charge in [0.05, 0.1) is 6.33 Å². The van der Waals surface area contributed by atoms with Crippen LogP contribution in [0, 0.1) is 0 Å². The van der Waals surface area contributed by atoms with E-state index in [2.05, 4.69) is 25.3 Å². The van der Waals surface area contributed by atoms with E-state index in [1.807, 2.05) is 6.92 Å². The third-order valence-electron chi connectivity index (χ3n) is 2.15. The molecular formula is C9H11ClN6O. The van der Waals surface area contributed by atoms with E-state index < -0.39 is 0 Å². The number of carbonyl (C=O) groups is 1. The second-order valence-corrected chi connectivity index (χ2v) is 4.00. The summed E-state index contributed by atoms with van der Waals surface area (Å²) in [4.78, 5) is 25.7. The molecule has 0 aliphatic rings. The molecule has 0 fully saturated rings. The molecule has 2 rings (SSSR count). The molecule has 0 bridgehead atoms. The minimum Gasteiger partial charge on any atom is -0.370 e. The lowest BCUT2D eigenvalue weighted by molar-refractivity contribution is -0.118. The minimum absolute atomic E-state index is 0.0957. The van der Waals surface area contributed by atoms with Crippen molar-refractivity contribution in [1.29, 1.82) is 0 Å². The number of nitrogens with two attached hydrogens (primary N) is 1. The number of aromatic amines is 1. The zero-order valence-electron chi connectivity index (χ0n) is 9.07. The van der Waals surface area contributed by atoms with Crippen LogP contribution >= 0.6 is 11.6 Å². The van der Waals surface area contributed by atoms with Gasteiger partial charge in [-0.05, 0) is 18.5 Å². The third-order valence-corrected chi connectivity index (χ3v) is 2.32. The molecule has 0 aliphatic heterocycles. The molecule has 0 aliphatic carbocycles. The SMILES string of the molecule is CC(CC(N)=O)Nc1nc(Cl)nc2nc[nH]c12. The van der Waals surface area contributed by atoms with Crippen LogP contribution in [-0.4, -0.2) is 31.9 Å². The van der Waals surface area contributed by atoms with Gasteiger partial charge in [0.1, 0.15) is 5.52 Å². The van der Waals surface area contributed by atoms with Crippen molar-refractivity contribution in [3.05, 3.63) is 11.6 Å². The molecule has 1 unspecified atom stereocenters. The Kier molecular flexibility index (Phi) is 3.10. The first-order valence-electron chi connectivity index (χ1n) is 4.97. The maximum Gasteiger partial charge on any atom is 0.226 e. The minimum atomic E-state index is -0.383. The fourth-order valence-electron chi connectivity index (χ4n) is 1.50. The predicted octanol–water partition coefficient (Wildman–Crippen LogP) is 0.682. The number of rotatable bonds is 4. The van der Waals surface area contributed by atoms with E-state index >= 15 is 0 Å². The largest absolute Gasteiger partial charge is 0.370 e. The van der Waals surface area contributed by atoms with Crippen LogP contribution in [0.1, 0.15) is 13.3 Å². The molecule has 0 spiro atoms. The van der Waals surface area contributed by atoms with Gasteiger partial charge in [0.15, 0.2) is 11.5 Å². The van der Waals surface area contributed by atoms with Crippen LogP contribution in [0.15, 0.2) is 6.33 Å². The van der Waals surface area contributed by atoms with Gasteiger partial charge in [-0.15, -0.1) is 0 Å². The molecule has 2 aromatic heterocycles. The van der Waals surface area contributed by atoms with Crippen molar-refractivity contribution in [2.24, 2.45) is 5.73 Å². The Morgan fingerprint density at radius 2 is 2.41 bits per heavy atom. The van der Waals surface area contributed by atoms with Gasteiger partial charge in [0.2, 0.25) is 11.2 Å². The highest BCUT2D eigenvalue weighted by Crippen LogP contribution is 2.19. The molecule has 2 aromatic rings. The van der Waals surface area contributed by atoms with Crippen molar-refractivity contribution in [2.75, 3.05) is 5.32 Å². The van der Waals surface area contributed by atoms with Crippen molar-refractivity contribution >= 4 is 34.5 Å². The number of aromatic nitrogens is 4. The second kappa shape index (κ2) is 4.54. The molecule has 0 saturated heterocycles. The summed E-state index contributed by atoms with van der Waals surface area (Å²) in [6, 6.07) is -0.148. The van der Waals surface area contributed by atoms with Crippen LogP contribution in [0.5, 0.6) is 0 Å². The first-order valence-corrected chi connectivity index (χ1v) is 5.35. The van der Waals surface area contributed by atoms with Gasteiger partial charge in [-0.3, -0.25) is 4.79 Å². The summed E-state index contributed by atoms with van der Waals surface area (Å²) >= 11 is 5.76. The van der Waals surface area contributed by atoms with E-state index in [0.29, 0.717) is 17.0 Å². The summed E-state index contributed by atoms with van der Waals surface area (Å²) in [6.45, 7) is 1.82. The zero-order chi connectivity index (χ0) is 12.4. The highest BCUT2D eigenvalue weighted by Gasteiger charge is 2.12. The van der Waals surface area contributed by atoms with E-state index in [-0.39, 0.29) is 23.7 Å². The van der Waals surface area contributed by atoms with Crippen molar-refractivity contribution < 1.29 is 4.79 Å². The Hall–Kier alpha value is -1.89. The predicted molar refractivity (Wildman–Crippen MR) is 63.6 cm³/mol. The standard InChI is InChI=1S/C9H11ClN6O/c1-4(2-5(11)17)14-8-6-7(13-3-12-6)15-9(10)16-8/h3-4H,2H2,1H3,(H2,11,17)(H2,12,13,14,15,16). The van der Waals surface area contributed by atoms with Crippen LogP contribution in [0.4, 0.5) is 5.82 Å². The number of amides is 1. The molecule has 90 valence electrons. The molecule has 8 heteroatoms. The normalized spacial score (nSPS) is 12.6. The maximum absolute atomic E-state index is 10.8. The van der Waals surface area contributed by atoms with Crippen molar-refractivity contribution in [3.8, 4) is 0 Å². The van der Waals surface area contributed by atoms with Gasteiger partial charge in [-0.1, -0.05) is 0 Å². The van der Waals surface area contributed by atoms with E-state index in [1.54, 1.807) is 0 Å². The molecule has 0 saturated carbocycles. The average Bonchev–Trinajstić information content (AvgIpc) is 2.63. The number of nitrogens with one attached hydrogen (secondary N) is 2. The van der Waals surface area contributed by atoms with Gasteiger partial charge in [-0.25, -0.2) is 4.98 Å². The fraction of sp³-hybridized carbons (Fsp3) is 0.333. The summed E-state index contributed by atoms with van der Waals surface area (Å²) in [7, 11) is 0. The summed E-state index contributed by atoms with van der Waals surface area (Å²) < 4.78 is 0. The molecule has 0 aromatic carbocycles. The lowest BCUT2D eigenvalue weighted by Crippen LogP contribution is -2.24. The second-order valence-electron chi connectivity index (χ2n) is 3.66. The van der Waals surface area contributed by atoms with Gasteiger partial charge in [0.25, 0.3) is 0 Å². The number of H-pyrrole nitrogens is 1. The molecule has 0 radical (unpaired) electrons. The summed E-state index contributed by atoms with van der Waals surface area (Å²) in [5.74, 6) is 0.122. The highest BCUT2D eigenvalue weighted by atomic mass is 35.5. The van der Waals surface area contributed by atoms with Crippen LogP contribution in [0.3, 0.4) is 0 Å². The summed E-state index contributed by atoms with van der Waals surface area (Å²) in [5, 5.41) is 3.13. The van der Waals surface area contributed by atoms with E-state index in [0.717, 1.165) is 0 Å². The number of hydrogen-bond donors (Lipinski definition) is 3. The molecule has 4 N–H and O–H groups in total. The van der Waals surface area contributed by atoms with Crippen molar-refractivity contribution in [2.45, 2.75) is 19.4 Å². The lowest BCUT2D eigenvalue weighted by atomic mass is 10.2. The quantitative estimate of drug-likeness (QED) is 0.695. The van der Waals surface area contributed by atoms with Crippen molar-refractivity contribution in [1.82, 2.24) is 19.9 Å². The fourth-order valence-corrected chi connectivity index (χ4v) is 1.66. The van der Waals surface area contributed by atoms with Gasteiger partial charge >= 0.3 is 0 Å². The number of carbonyl (C=O) groups excluding carboxylic acids is 1. The van der Waals surface area contributed by atoms with Gasteiger partial charge in [0, 0.05) is 12.5 Å². The first kappa shape index (κ1) is 11.6. The number of imidazole rings is 1. The smallest absolute Gasteiger partial charge is 0.226 e. The molecule has 1 atom stereocenters. The number of hydrogen-bond acceptors (Lipinski definition) is 5. The Balaban J connectivity index is 2.28. The topological polar surface area (TPSA) is 110 Å². The molecule has 17 heavy (non-hydrogen) atoms. The Labute approximate surface area is 102 Å². The number of anilines is 1. The first-order chi connectivity index (χ1) is 8.06. The monoisotopic (exact) mass is 254 g/mol. The van der Waals surface area contributed by atoms with Crippen LogP contribution in [0.2, 0.25) is 5.28 Å². The van der Waals surface area contributed by atoms with Crippen LogP contribution < -0.4 is 11.1 Å². The number of fused-ring (bicyclic) bond motifs is 1.